The molecule has 16 heavy (non-hydrogen) atoms. The van der Waals surface area contributed by atoms with E-state index in [0.29, 0.717) is 5.56 Å². The third-order valence-electron chi connectivity index (χ3n) is 1.99. The molecule has 0 saturated heterocycles. The van der Waals surface area contributed by atoms with E-state index in [1.165, 1.54) is 6.07 Å². The largest absolute Gasteiger partial charge is 0.462 e. The van der Waals surface area contributed by atoms with Crippen molar-refractivity contribution in [2.75, 3.05) is 6.61 Å². The first-order valence-corrected chi connectivity index (χ1v) is 5.11. The topological polar surface area (TPSA) is 76.1 Å². The third kappa shape index (κ3) is 2.51. The Hall–Kier alpha value is -1.57. The van der Waals surface area contributed by atoms with Crippen LogP contribution in [-0.4, -0.2) is 12.6 Å². The van der Waals surface area contributed by atoms with Crippen molar-refractivity contribution in [3.05, 3.63) is 33.8 Å². The molecule has 5 heteroatoms. The van der Waals surface area contributed by atoms with Gasteiger partial charge >= 0.3 is 5.97 Å². The third-order valence-corrected chi connectivity index (χ3v) is 2.28. The fourth-order valence-electron chi connectivity index (χ4n) is 1.28. The van der Waals surface area contributed by atoms with E-state index in [9.17, 15) is 4.79 Å². The van der Waals surface area contributed by atoms with Gasteiger partial charge in [-0.1, -0.05) is 11.6 Å². The van der Waals surface area contributed by atoms with Crippen LogP contribution >= 0.6 is 11.6 Å². The highest BCUT2D eigenvalue weighted by Crippen LogP contribution is 2.23. The molecule has 0 radical (unpaired) electrons. The maximum Gasteiger partial charge on any atom is 0.340 e. The van der Waals surface area contributed by atoms with Crippen LogP contribution in [0, 0.1) is 11.3 Å². The zero-order valence-electron chi connectivity index (χ0n) is 8.79. The lowest BCUT2D eigenvalue weighted by atomic mass is 10.0. The van der Waals surface area contributed by atoms with Crippen LogP contribution in [0.25, 0.3) is 0 Å². The Morgan fingerprint density at radius 1 is 1.62 bits per heavy atom. The standard InChI is InChI=1S/C11H11ClN2O2/c1-2-16-11(15)10-8(6-14)3-7(5-13)4-9(10)12/h3-4H,2,5,13H2,1H3. The Kier molecular flexibility index (Phi) is 4.29. The molecule has 84 valence electrons. The van der Waals surface area contributed by atoms with Crippen LogP contribution in [0.3, 0.4) is 0 Å². The van der Waals surface area contributed by atoms with Gasteiger partial charge in [0.15, 0.2) is 0 Å². The second-order valence-electron chi connectivity index (χ2n) is 3.04. The van der Waals surface area contributed by atoms with Gasteiger partial charge in [-0.05, 0) is 24.6 Å². The monoisotopic (exact) mass is 238 g/mol. The minimum Gasteiger partial charge on any atom is -0.462 e. The van der Waals surface area contributed by atoms with Gasteiger partial charge in [-0.3, -0.25) is 0 Å². The number of hydrogen-bond acceptors (Lipinski definition) is 4. The number of ether oxygens (including phenoxy) is 1. The van der Waals surface area contributed by atoms with Gasteiger partial charge in [-0.25, -0.2) is 4.79 Å². The summed E-state index contributed by atoms with van der Waals surface area (Å²) in [5, 5.41) is 9.12. The molecule has 0 heterocycles. The summed E-state index contributed by atoms with van der Waals surface area (Å²) in [7, 11) is 0. The first-order valence-electron chi connectivity index (χ1n) is 4.73. The van der Waals surface area contributed by atoms with Crippen LogP contribution < -0.4 is 5.73 Å². The molecule has 0 aliphatic carbocycles. The normalized spacial score (nSPS) is 9.62. The van der Waals surface area contributed by atoms with Crippen molar-refractivity contribution in [1.29, 1.82) is 5.26 Å². The van der Waals surface area contributed by atoms with Gasteiger partial charge in [-0.2, -0.15) is 5.26 Å². The van der Waals surface area contributed by atoms with Gasteiger partial charge in [0.25, 0.3) is 0 Å². The highest BCUT2D eigenvalue weighted by molar-refractivity contribution is 6.34. The molecule has 1 rings (SSSR count). The lowest BCUT2D eigenvalue weighted by Gasteiger charge is -2.07. The van der Waals surface area contributed by atoms with E-state index >= 15 is 0 Å². The first kappa shape index (κ1) is 12.5. The van der Waals surface area contributed by atoms with E-state index in [1.807, 2.05) is 6.07 Å². The van der Waals surface area contributed by atoms with Crippen molar-refractivity contribution < 1.29 is 9.53 Å². The molecule has 0 amide bonds. The zero-order chi connectivity index (χ0) is 12.1. The molecule has 0 aromatic heterocycles. The van der Waals surface area contributed by atoms with Crippen molar-refractivity contribution in [3.63, 3.8) is 0 Å². The molecule has 0 saturated carbocycles. The summed E-state index contributed by atoms with van der Waals surface area (Å²) in [6.45, 7) is 2.18. The van der Waals surface area contributed by atoms with E-state index in [-0.39, 0.29) is 29.3 Å². The molecule has 2 N–H and O–H groups in total. The van der Waals surface area contributed by atoms with Crippen LogP contribution in [0.4, 0.5) is 0 Å². The molecule has 0 fully saturated rings. The second kappa shape index (κ2) is 5.50. The number of rotatable bonds is 3. The molecule has 4 nitrogen and oxygen atoms in total. The van der Waals surface area contributed by atoms with Gasteiger partial charge in [-0.15, -0.1) is 0 Å². The predicted octanol–water partition coefficient (Wildman–Crippen LogP) is 1.85. The van der Waals surface area contributed by atoms with E-state index in [1.54, 1.807) is 13.0 Å². The predicted molar refractivity (Wildman–Crippen MR) is 60.0 cm³/mol. The Labute approximate surface area is 98.6 Å². The molecular weight excluding hydrogens is 228 g/mol. The van der Waals surface area contributed by atoms with E-state index in [4.69, 9.17) is 27.3 Å². The minimum absolute atomic E-state index is 0.100. The fourth-order valence-corrected chi connectivity index (χ4v) is 1.60. The molecule has 0 aliphatic rings. The summed E-state index contributed by atoms with van der Waals surface area (Å²) >= 11 is 5.92. The van der Waals surface area contributed by atoms with E-state index in [2.05, 4.69) is 0 Å². The number of carbonyl (C=O) groups excluding carboxylic acids is 1. The molecule has 0 spiro atoms. The van der Waals surface area contributed by atoms with Crippen molar-refractivity contribution in [3.8, 4) is 6.07 Å². The summed E-state index contributed by atoms with van der Waals surface area (Å²) < 4.78 is 4.82. The van der Waals surface area contributed by atoms with Crippen molar-refractivity contribution >= 4 is 17.6 Å². The van der Waals surface area contributed by atoms with Crippen molar-refractivity contribution in [2.24, 2.45) is 5.73 Å². The lowest BCUT2D eigenvalue weighted by Crippen LogP contribution is -2.09. The average Bonchev–Trinajstić information content (AvgIpc) is 2.27. The fraction of sp³-hybridized carbons (Fsp3) is 0.273. The van der Waals surface area contributed by atoms with Crippen LogP contribution in [-0.2, 0) is 11.3 Å². The quantitative estimate of drug-likeness (QED) is 0.816. The Morgan fingerprint density at radius 3 is 2.81 bits per heavy atom. The van der Waals surface area contributed by atoms with Crippen molar-refractivity contribution in [1.82, 2.24) is 0 Å². The molecule has 1 aromatic rings. The summed E-state index contributed by atoms with van der Waals surface area (Å²) in [4.78, 5) is 11.6. The number of halogens is 1. The number of esters is 1. The lowest BCUT2D eigenvalue weighted by molar-refractivity contribution is 0.0526. The van der Waals surface area contributed by atoms with Gasteiger partial charge in [0.05, 0.1) is 22.8 Å². The molecule has 0 aliphatic heterocycles. The highest BCUT2D eigenvalue weighted by atomic mass is 35.5. The second-order valence-corrected chi connectivity index (χ2v) is 3.44. The number of benzene rings is 1. The van der Waals surface area contributed by atoms with E-state index < -0.39 is 5.97 Å². The molecule has 0 unspecified atom stereocenters. The SMILES string of the molecule is CCOC(=O)c1c(Cl)cc(CN)cc1C#N. The van der Waals surface area contributed by atoms with Crippen molar-refractivity contribution in [2.45, 2.75) is 13.5 Å². The number of carbonyl (C=O) groups is 1. The smallest absolute Gasteiger partial charge is 0.340 e. The molecular formula is C11H11ClN2O2. The summed E-state index contributed by atoms with van der Waals surface area (Å²) in [5.41, 5.74) is 6.43. The maximum absolute atomic E-state index is 11.6. The zero-order valence-corrected chi connectivity index (χ0v) is 9.54. The number of hydrogen-bond donors (Lipinski definition) is 1. The number of nitriles is 1. The van der Waals surface area contributed by atoms with Crippen LogP contribution in [0.1, 0.15) is 28.4 Å². The van der Waals surface area contributed by atoms with Crippen LogP contribution in [0.2, 0.25) is 5.02 Å². The number of nitrogens with two attached hydrogens (primary N) is 1. The summed E-state index contributed by atoms with van der Waals surface area (Å²) in [5.74, 6) is -0.590. The highest BCUT2D eigenvalue weighted by Gasteiger charge is 2.17. The Morgan fingerprint density at radius 2 is 2.31 bits per heavy atom. The van der Waals surface area contributed by atoms with Gasteiger partial charge in [0.2, 0.25) is 0 Å². The maximum atomic E-state index is 11.6. The minimum atomic E-state index is -0.590. The molecule has 1 aromatic carbocycles. The molecule has 0 bridgehead atoms. The van der Waals surface area contributed by atoms with Gasteiger partial charge < -0.3 is 10.5 Å². The molecule has 0 atom stereocenters. The average molecular weight is 239 g/mol. The van der Waals surface area contributed by atoms with Crippen LogP contribution in [0.5, 0.6) is 0 Å². The first-order chi connectivity index (χ1) is 7.63. The van der Waals surface area contributed by atoms with Gasteiger partial charge in [0, 0.05) is 6.54 Å². The number of nitrogens with zero attached hydrogens (tertiary/aromatic N) is 1. The Balaban J connectivity index is 3.28. The summed E-state index contributed by atoms with van der Waals surface area (Å²) in [6.07, 6.45) is 0. The van der Waals surface area contributed by atoms with E-state index in [0.717, 1.165) is 0 Å². The van der Waals surface area contributed by atoms with Gasteiger partial charge in [0.1, 0.15) is 6.07 Å². The van der Waals surface area contributed by atoms with Crippen LogP contribution in [0.15, 0.2) is 12.1 Å². The summed E-state index contributed by atoms with van der Waals surface area (Å²) in [6, 6.07) is 5.01. The Bertz CT molecular complexity index is 452.